The number of thioether (sulfide) groups is 1. The van der Waals surface area contributed by atoms with Gasteiger partial charge in [-0.05, 0) is 55.9 Å². The first-order chi connectivity index (χ1) is 15.0. The first-order valence-electron chi connectivity index (χ1n) is 10.2. The molecule has 4 rings (SSSR count). The predicted octanol–water partition coefficient (Wildman–Crippen LogP) is 4.68. The number of aromatic nitrogens is 2. The maximum atomic E-state index is 13.3. The van der Waals surface area contributed by atoms with Crippen LogP contribution in [0.4, 0.5) is 5.69 Å². The quantitative estimate of drug-likeness (QED) is 0.290. The van der Waals surface area contributed by atoms with E-state index in [2.05, 4.69) is 5.32 Å². The fraction of sp³-hybridized carbons (Fsp3) is 0.409. The lowest BCUT2D eigenvalue weighted by molar-refractivity contribution is -0.113. The van der Waals surface area contributed by atoms with Crippen LogP contribution in [0.1, 0.15) is 28.8 Å². The molecule has 1 aromatic carbocycles. The van der Waals surface area contributed by atoms with Gasteiger partial charge in [-0.3, -0.25) is 14.2 Å². The van der Waals surface area contributed by atoms with E-state index in [1.165, 1.54) is 22.2 Å². The number of fused-ring (bicyclic) bond motifs is 3. The topological polar surface area (TPSA) is 73.2 Å². The number of hydrogen-bond acceptors (Lipinski definition) is 6. The van der Waals surface area contributed by atoms with Crippen molar-refractivity contribution in [1.29, 1.82) is 0 Å². The van der Waals surface area contributed by atoms with Crippen molar-refractivity contribution in [1.82, 2.24) is 9.55 Å². The summed E-state index contributed by atoms with van der Waals surface area (Å²) >= 11 is 8.94. The van der Waals surface area contributed by atoms with Gasteiger partial charge in [-0.15, -0.1) is 11.3 Å². The first kappa shape index (κ1) is 22.3. The minimum atomic E-state index is -0.165. The zero-order valence-electron chi connectivity index (χ0n) is 17.5. The van der Waals surface area contributed by atoms with Crippen LogP contribution in [-0.4, -0.2) is 34.9 Å². The fourth-order valence-corrected chi connectivity index (χ4v) is 6.08. The van der Waals surface area contributed by atoms with Gasteiger partial charge in [0.25, 0.3) is 5.56 Å². The third kappa shape index (κ3) is 4.82. The molecule has 0 bridgehead atoms. The summed E-state index contributed by atoms with van der Waals surface area (Å²) < 4.78 is 6.86. The number of hydrogen-bond donors (Lipinski definition) is 1. The van der Waals surface area contributed by atoms with Gasteiger partial charge in [0.2, 0.25) is 5.91 Å². The molecule has 2 aromatic heterocycles. The summed E-state index contributed by atoms with van der Waals surface area (Å²) in [7, 11) is 1.65. The van der Waals surface area contributed by atoms with Crippen LogP contribution in [0.2, 0.25) is 5.02 Å². The Balaban J connectivity index is 1.58. The summed E-state index contributed by atoms with van der Waals surface area (Å²) in [5.41, 5.74) is 2.79. The highest BCUT2D eigenvalue weighted by molar-refractivity contribution is 7.99. The second kappa shape index (κ2) is 9.73. The summed E-state index contributed by atoms with van der Waals surface area (Å²) in [6.07, 6.45) is 3.76. The van der Waals surface area contributed by atoms with E-state index in [4.69, 9.17) is 21.3 Å². The average Bonchev–Trinajstić information content (AvgIpc) is 3.32. The largest absolute Gasteiger partial charge is 0.385 e. The minimum Gasteiger partial charge on any atom is -0.385 e. The number of carbonyl (C=O) groups is 1. The van der Waals surface area contributed by atoms with Crippen molar-refractivity contribution in [2.45, 2.75) is 44.3 Å². The molecule has 1 aliphatic rings. The molecule has 0 unspecified atom stereocenters. The van der Waals surface area contributed by atoms with E-state index in [0.29, 0.717) is 35.4 Å². The maximum absolute atomic E-state index is 13.3. The van der Waals surface area contributed by atoms with Gasteiger partial charge < -0.3 is 10.1 Å². The molecule has 0 atom stereocenters. The second-order valence-electron chi connectivity index (χ2n) is 7.53. The van der Waals surface area contributed by atoms with E-state index in [1.54, 1.807) is 35.1 Å². The molecule has 0 fully saturated rings. The number of aryl methyl sites for hydroxylation is 3. The van der Waals surface area contributed by atoms with Crippen LogP contribution < -0.4 is 10.9 Å². The molecule has 3 aromatic rings. The van der Waals surface area contributed by atoms with Gasteiger partial charge in [0.15, 0.2) is 5.16 Å². The zero-order chi connectivity index (χ0) is 22.0. The fourth-order valence-electron chi connectivity index (χ4n) is 3.78. The molecule has 0 spiro atoms. The third-order valence-corrected chi connectivity index (χ3v) is 7.72. The van der Waals surface area contributed by atoms with Gasteiger partial charge in [0, 0.05) is 35.8 Å². The number of thiophene rings is 1. The molecule has 164 valence electrons. The van der Waals surface area contributed by atoms with Crippen LogP contribution in [0.3, 0.4) is 0 Å². The lowest BCUT2D eigenvalue weighted by Crippen LogP contribution is -2.25. The van der Waals surface area contributed by atoms with Crippen LogP contribution in [0.5, 0.6) is 0 Å². The molecule has 9 heteroatoms. The number of nitrogens with zero attached hydrogens (tertiary/aromatic N) is 2. The minimum absolute atomic E-state index is 0.00547. The molecule has 1 N–H and O–H groups in total. The summed E-state index contributed by atoms with van der Waals surface area (Å²) in [5, 5.41) is 4.81. The molecule has 6 nitrogen and oxygen atoms in total. The van der Waals surface area contributed by atoms with E-state index in [1.807, 2.05) is 13.0 Å². The molecule has 31 heavy (non-hydrogen) atoms. The standard InChI is InChI=1S/C22H24ClN3O3S2/c1-13-7-8-14(23)11-16(13)24-18(27)12-30-22-25-20-19(15-5-3-6-17(15)31-20)21(28)26(22)9-4-10-29-2/h7-8,11H,3-6,9-10,12H2,1-2H3,(H,24,27). The van der Waals surface area contributed by atoms with Crippen molar-refractivity contribution in [3.8, 4) is 0 Å². The van der Waals surface area contributed by atoms with E-state index in [9.17, 15) is 9.59 Å². The van der Waals surface area contributed by atoms with Crippen molar-refractivity contribution in [2.24, 2.45) is 0 Å². The number of methoxy groups -OCH3 is 1. The van der Waals surface area contributed by atoms with E-state index < -0.39 is 0 Å². The molecule has 0 aliphatic heterocycles. The molecular weight excluding hydrogens is 454 g/mol. The Morgan fingerprint density at radius 3 is 3.03 bits per heavy atom. The Bertz CT molecular complexity index is 1190. The number of carbonyl (C=O) groups excluding carboxylic acids is 1. The summed E-state index contributed by atoms with van der Waals surface area (Å²) in [6.45, 7) is 2.99. The zero-order valence-corrected chi connectivity index (χ0v) is 19.9. The Labute approximate surface area is 194 Å². The highest BCUT2D eigenvalue weighted by Crippen LogP contribution is 2.35. The van der Waals surface area contributed by atoms with Gasteiger partial charge in [0.05, 0.1) is 11.1 Å². The number of benzene rings is 1. The average molecular weight is 478 g/mol. The summed E-state index contributed by atoms with van der Waals surface area (Å²) in [5.74, 6) is -0.0129. The lowest BCUT2D eigenvalue weighted by atomic mass is 10.2. The monoisotopic (exact) mass is 477 g/mol. The number of anilines is 1. The highest BCUT2D eigenvalue weighted by Gasteiger charge is 2.23. The molecule has 0 radical (unpaired) electrons. The molecule has 0 saturated carbocycles. The van der Waals surface area contributed by atoms with Crippen molar-refractivity contribution in [3.63, 3.8) is 0 Å². The third-order valence-electron chi connectivity index (χ3n) is 5.33. The van der Waals surface area contributed by atoms with Gasteiger partial charge in [-0.1, -0.05) is 29.4 Å². The summed E-state index contributed by atoms with van der Waals surface area (Å²) in [6, 6.07) is 5.39. The summed E-state index contributed by atoms with van der Waals surface area (Å²) in [4.78, 5) is 32.8. The van der Waals surface area contributed by atoms with Crippen LogP contribution in [0.15, 0.2) is 28.2 Å². The SMILES string of the molecule is COCCCn1c(SCC(=O)Nc2cc(Cl)ccc2C)nc2sc3c(c2c1=O)CCC3. The Hall–Kier alpha value is -1.87. The number of halogens is 1. The smallest absolute Gasteiger partial charge is 0.263 e. The predicted molar refractivity (Wildman–Crippen MR) is 128 cm³/mol. The number of rotatable bonds is 8. The second-order valence-corrected chi connectivity index (χ2v) is 9.99. The van der Waals surface area contributed by atoms with Gasteiger partial charge in [-0.25, -0.2) is 4.98 Å². The molecule has 0 saturated heterocycles. The number of nitrogens with one attached hydrogen (secondary N) is 1. The van der Waals surface area contributed by atoms with Gasteiger partial charge >= 0.3 is 0 Å². The van der Waals surface area contributed by atoms with Crippen molar-refractivity contribution in [3.05, 3.63) is 49.6 Å². The normalized spacial score (nSPS) is 13.0. The van der Waals surface area contributed by atoms with Crippen LogP contribution in [-0.2, 0) is 28.9 Å². The van der Waals surface area contributed by atoms with E-state index in [-0.39, 0.29) is 17.2 Å². The van der Waals surface area contributed by atoms with E-state index >= 15 is 0 Å². The lowest BCUT2D eigenvalue weighted by Gasteiger charge is -2.13. The Morgan fingerprint density at radius 1 is 1.39 bits per heavy atom. The van der Waals surface area contributed by atoms with Crippen LogP contribution in [0, 0.1) is 6.92 Å². The molecule has 2 heterocycles. The Morgan fingerprint density at radius 2 is 2.23 bits per heavy atom. The molecular formula is C22H24ClN3O3S2. The molecule has 1 amide bonds. The van der Waals surface area contributed by atoms with E-state index in [0.717, 1.165) is 35.0 Å². The van der Waals surface area contributed by atoms with Crippen LogP contribution >= 0.6 is 34.7 Å². The number of ether oxygens (including phenoxy) is 1. The van der Waals surface area contributed by atoms with Crippen molar-refractivity contribution in [2.75, 3.05) is 24.8 Å². The van der Waals surface area contributed by atoms with Gasteiger partial charge in [-0.2, -0.15) is 0 Å². The van der Waals surface area contributed by atoms with Crippen molar-refractivity contribution < 1.29 is 9.53 Å². The van der Waals surface area contributed by atoms with Crippen LogP contribution in [0.25, 0.3) is 10.2 Å². The molecule has 1 aliphatic carbocycles. The van der Waals surface area contributed by atoms with Gasteiger partial charge in [0.1, 0.15) is 4.83 Å². The Kier molecular flexibility index (Phi) is 7.01. The number of amides is 1. The maximum Gasteiger partial charge on any atom is 0.263 e. The highest BCUT2D eigenvalue weighted by atomic mass is 35.5. The first-order valence-corrected chi connectivity index (χ1v) is 12.4. The van der Waals surface area contributed by atoms with Crippen molar-refractivity contribution >= 4 is 56.5 Å².